The smallest absolute Gasteiger partial charge is 0.220 e. The van der Waals surface area contributed by atoms with Crippen molar-refractivity contribution in [2.75, 3.05) is 26.4 Å². The van der Waals surface area contributed by atoms with Crippen LogP contribution in [0.25, 0.3) is 0 Å². The van der Waals surface area contributed by atoms with Gasteiger partial charge in [-0.3, -0.25) is 4.79 Å². The van der Waals surface area contributed by atoms with E-state index in [0.717, 1.165) is 64.2 Å². The molecule has 12 N–H and O–H groups in total. The standard InChI is InChI=1S/C64H117NO18/c1-3-5-7-9-11-13-15-17-18-19-20-21-22-23-24-25-26-27-28-30-31-33-35-37-39-41-48(69)47(65-52(70)42-40-38-36-34-32-29-16-14-12-10-8-6-4-2)46-78-62-58(76)55(73)60(50(44-67)80-62)83-64-59(77)56(74)61(51(45-68)81-64)82-63-57(75)54(72)53(71)49(43-66)79-63/h6,8,12,14,29,32,47-51,53-64,66-69,71-77H,3-5,7,9-11,13,15-28,30-31,33-46H2,1-2H3,(H,65,70)/b8-6-,14-12-,32-29-. The normalized spacial score (nSPS) is 29.6. The van der Waals surface area contributed by atoms with Gasteiger partial charge in [0.1, 0.15) is 73.2 Å². The lowest BCUT2D eigenvalue weighted by atomic mass is 9.96. The number of unbranched alkanes of at least 4 members (excludes halogenated alkanes) is 27. The molecule has 0 aromatic carbocycles. The van der Waals surface area contributed by atoms with E-state index in [4.69, 9.17) is 28.4 Å². The van der Waals surface area contributed by atoms with Crippen LogP contribution in [0.5, 0.6) is 0 Å². The molecule has 0 aromatic heterocycles. The Morgan fingerprint density at radius 2 is 0.831 bits per heavy atom. The van der Waals surface area contributed by atoms with Crippen molar-refractivity contribution < 1.29 is 89.4 Å². The van der Waals surface area contributed by atoms with Crippen LogP contribution < -0.4 is 5.32 Å². The first-order valence-corrected chi connectivity index (χ1v) is 32.7. The lowest BCUT2D eigenvalue weighted by Gasteiger charge is -2.48. The van der Waals surface area contributed by atoms with Gasteiger partial charge in [-0.1, -0.05) is 217 Å². The maximum atomic E-state index is 13.3. The van der Waals surface area contributed by atoms with Crippen LogP contribution in [0.3, 0.4) is 0 Å². The molecular weight excluding hydrogens is 1070 g/mol. The van der Waals surface area contributed by atoms with Crippen LogP contribution in [0.1, 0.15) is 232 Å². The number of nitrogens with one attached hydrogen (secondary N) is 1. The SMILES string of the molecule is CC/C=C\C/C=C\C/C=C\CCCCCC(=O)NC(COC1OC(CO)C(OC2OC(CO)C(OC3OC(CO)C(O)C(O)C3O)C(O)C2O)C(O)C1O)C(O)CCCCCCCCCCCCCCCCCCCCCCCCCCC. The van der Waals surface area contributed by atoms with Gasteiger partial charge in [-0.2, -0.15) is 0 Å². The molecule has 3 rings (SSSR count). The summed E-state index contributed by atoms with van der Waals surface area (Å²) in [7, 11) is 0. The fourth-order valence-electron chi connectivity index (χ4n) is 11.2. The summed E-state index contributed by atoms with van der Waals surface area (Å²) in [5, 5.41) is 120. The average Bonchev–Trinajstić information content (AvgIpc) is 3.33. The molecule has 3 saturated heterocycles. The van der Waals surface area contributed by atoms with Gasteiger partial charge in [0.25, 0.3) is 0 Å². The molecule has 3 aliphatic heterocycles. The summed E-state index contributed by atoms with van der Waals surface area (Å²) in [5.41, 5.74) is 0. The minimum atomic E-state index is -1.98. The second kappa shape index (κ2) is 47.1. The number of allylic oxidation sites excluding steroid dienone is 6. The highest BCUT2D eigenvalue weighted by atomic mass is 16.8. The number of hydrogen-bond donors (Lipinski definition) is 12. The Hall–Kier alpha value is -1.99. The number of carbonyl (C=O) groups excluding carboxylic acids is 1. The highest BCUT2D eigenvalue weighted by Gasteiger charge is 2.53. The number of carbonyl (C=O) groups is 1. The van der Waals surface area contributed by atoms with Gasteiger partial charge in [0.2, 0.25) is 5.91 Å². The van der Waals surface area contributed by atoms with E-state index in [9.17, 15) is 61.0 Å². The predicted molar refractivity (Wildman–Crippen MR) is 319 cm³/mol. The average molecular weight is 1190 g/mol. The minimum absolute atomic E-state index is 0.231. The quantitative estimate of drug-likeness (QED) is 0.0211. The fourth-order valence-corrected chi connectivity index (χ4v) is 11.2. The van der Waals surface area contributed by atoms with E-state index in [1.54, 1.807) is 0 Å². The molecule has 1 amide bonds. The van der Waals surface area contributed by atoms with Gasteiger partial charge in [0.05, 0.1) is 38.6 Å². The molecule has 0 bridgehead atoms. The summed E-state index contributed by atoms with van der Waals surface area (Å²) >= 11 is 0. The van der Waals surface area contributed by atoms with Crippen LogP contribution in [0.2, 0.25) is 0 Å². The van der Waals surface area contributed by atoms with Gasteiger partial charge in [0.15, 0.2) is 18.9 Å². The molecule has 0 aromatic rings. The Balaban J connectivity index is 1.43. The first kappa shape index (κ1) is 75.3. The fraction of sp³-hybridized carbons (Fsp3) is 0.891. The Morgan fingerprint density at radius 1 is 0.446 bits per heavy atom. The highest BCUT2D eigenvalue weighted by molar-refractivity contribution is 5.76. The Labute approximate surface area is 498 Å². The molecule has 0 aliphatic carbocycles. The van der Waals surface area contributed by atoms with Gasteiger partial charge in [-0.15, -0.1) is 0 Å². The zero-order valence-corrected chi connectivity index (χ0v) is 50.9. The molecule has 19 nitrogen and oxygen atoms in total. The first-order valence-electron chi connectivity index (χ1n) is 32.7. The van der Waals surface area contributed by atoms with Crippen molar-refractivity contribution in [3.8, 4) is 0 Å². The molecular formula is C64H117NO18. The van der Waals surface area contributed by atoms with Crippen LogP contribution in [0.15, 0.2) is 36.5 Å². The van der Waals surface area contributed by atoms with Crippen molar-refractivity contribution in [2.24, 2.45) is 0 Å². The molecule has 3 fully saturated rings. The third-order valence-corrected chi connectivity index (χ3v) is 16.5. The third kappa shape index (κ3) is 30.2. The highest BCUT2D eigenvalue weighted by Crippen LogP contribution is 2.33. The zero-order valence-electron chi connectivity index (χ0n) is 50.9. The summed E-state index contributed by atoms with van der Waals surface area (Å²) in [6.45, 7) is 1.66. The minimum Gasteiger partial charge on any atom is -0.394 e. The lowest BCUT2D eigenvalue weighted by Crippen LogP contribution is -2.66. The van der Waals surface area contributed by atoms with Gasteiger partial charge in [-0.25, -0.2) is 0 Å². The molecule has 17 atom stereocenters. The number of ether oxygens (including phenoxy) is 6. The zero-order chi connectivity index (χ0) is 60.5. The molecule has 17 unspecified atom stereocenters. The van der Waals surface area contributed by atoms with E-state index in [1.807, 2.05) is 0 Å². The van der Waals surface area contributed by atoms with E-state index in [-0.39, 0.29) is 18.9 Å². The summed E-state index contributed by atoms with van der Waals surface area (Å²) in [6, 6.07) is -0.902. The van der Waals surface area contributed by atoms with Crippen LogP contribution in [-0.4, -0.2) is 193 Å². The lowest BCUT2D eigenvalue weighted by molar-refractivity contribution is -0.379. The van der Waals surface area contributed by atoms with Crippen molar-refractivity contribution in [2.45, 2.75) is 336 Å². The van der Waals surface area contributed by atoms with Crippen molar-refractivity contribution in [1.82, 2.24) is 5.32 Å². The molecule has 19 heteroatoms. The molecule has 0 radical (unpaired) electrons. The largest absolute Gasteiger partial charge is 0.394 e. The number of hydrogen-bond acceptors (Lipinski definition) is 18. The second-order valence-electron chi connectivity index (χ2n) is 23.6. The number of aliphatic hydroxyl groups excluding tert-OH is 11. The topological polar surface area (TPSA) is 307 Å². The first-order chi connectivity index (χ1) is 40.3. The van der Waals surface area contributed by atoms with E-state index in [1.165, 1.54) is 135 Å². The van der Waals surface area contributed by atoms with Crippen molar-refractivity contribution in [3.05, 3.63) is 36.5 Å². The van der Waals surface area contributed by atoms with Crippen LogP contribution >= 0.6 is 0 Å². The second-order valence-corrected chi connectivity index (χ2v) is 23.6. The van der Waals surface area contributed by atoms with Crippen molar-refractivity contribution >= 4 is 5.91 Å². The number of amides is 1. The maximum absolute atomic E-state index is 13.3. The van der Waals surface area contributed by atoms with Gasteiger partial charge >= 0.3 is 0 Å². The van der Waals surface area contributed by atoms with Crippen LogP contribution in [0.4, 0.5) is 0 Å². The molecule has 486 valence electrons. The molecule has 3 heterocycles. The van der Waals surface area contributed by atoms with E-state index < -0.39 is 124 Å². The number of aliphatic hydroxyl groups is 11. The maximum Gasteiger partial charge on any atom is 0.220 e. The summed E-state index contributed by atoms with van der Waals surface area (Å²) < 4.78 is 34.3. The van der Waals surface area contributed by atoms with Crippen molar-refractivity contribution in [1.29, 1.82) is 0 Å². The summed E-state index contributed by atoms with van der Waals surface area (Å²) in [5.74, 6) is -0.271. The summed E-state index contributed by atoms with van der Waals surface area (Å²) in [4.78, 5) is 13.3. The molecule has 3 aliphatic rings. The monoisotopic (exact) mass is 1190 g/mol. The van der Waals surface area contributed by atoms with Crippen molar-refractivity contribution in [3.63, 3.8) is 0 Å². The van der Waals surface area contributed by atoms with E-state index in [2.05, 4.69) is 55.6 Å². The van der Waals surface area contributed by atoms with Gasteiger partial charge in [-0.05, 0) is 44.9 Å². The molecule has 0 spiro atoms. The van der Waals surface area contributed by atoms with E-state index in [0.29, 0.717) is 12.8 Å². The van der Waals surface area contributed by atoms with E-state index >= 15 is 0 Å². The Kier molecular flexibility index (Phi) is 42.7. The number of rotatable bonds is 49. The Bertz CT molecular complexity index is 1660. The molecule has 83 heavy (non-hydrogen) atoms. The van der Waals surface area contributed by atoms with Crippen LogP contribution in [-0.2, 0) is 33.2 Å². The molecule has 0 saturated carbocycles. The van der Waals surface area contributed by atoms with Gasteiger partial charge < -0.3 is 89.9 Å². The summed E-state index contributed by atoms with van der Waals surface area (Å²) in [6.07, 6.45) is 25.3. The third-order valence-electron chi connectivity index (χ3n) is 16.5. The predicted octanol–water partition coefficient (Wildman–Crippen LogP) is 7.27. The van der Waals surface area contributed by atoms with Gasteiger partial charge in [0, 0.05) is 6.42 Å². The Morgan fingerprint density at radius 3 is 1.29 bits per heavy atom. The van der Waals surface area contributed by atoms with Crippen LogP contribution in [0, 0.1) is 0 Å².